The fourth-order valence-corrected chi connectivity index (χ4v) is 1.13. The Kier molecular flexibility index (Phi) is 3.44. The number of carboxylic acids is 1. The van der Waals surface area contributed by atoms with Gasteiger partial charge in [-0.05, 0) is 19.1 Å². The van der Waals surface area contributed by atoms with Crippen LogP contribution in [0.1, 0.15) is 17.3 Å². The van der Waals surface area contributed by atoms with Crippen LogP contribution in [-0.2, 0) is 4.79 Å². The molecule has 0 spiro atoms. The number of nitrogens with zero attached hydrogens (tertiary/aromatic N) is 1. The maximum absolute atomic E-state index is 11.8. The molecule has 0 aliphatic rings. The Morgan fingerprint density at radius 3 is 2.27 bits per heavy atom. The molecule has 0 aromatic heterocycles. The molecule has 1 rings (SSSR count). The smallest absolute Gasteiger partial charge is 0.326 e. The molecule has 1 N–H and O–H groups in total. The Morgan fingerprint density at radius 1 is 1.27 bits per heavy atom. The van der Waals surface area contributed by atoms with Gasteiger partial charge in [-0.25, -0.2) is 4.79 Å². The zero-order chi connectivity index (χ0) is 11.4. The van der Waals surface area contributed by atoms with Crippen molar-refractivity contribution in [1.29, 1.82) is 0 Å². The summed E-state index contributed by atoms with van der Waals surface area (Å²) in [6.45, 7) is 1.48. The van der Waals surface area contributed by atoms with Gasteiger partial charge in [0, 0.05) is 12.6 Å². The van der Waals surface area contributed by atoms with Crippen LogP contribution in [0.25, 0.3) is 0 Å². The van der Waals surface area contributed by atoms with E-state index >= 15 is 0 Å². The van der Waals surface area contributed by atoms with Gasteiger partial charge in [0.15, 0.2) is 0 Å². The summed E-state index contributed by atoms with van der Waals surface area (Å²) in [7, 11) is 1.48. The topological polar surface area (TPSA) is 57.6 Å². The SMILES string of the molecule is CC(C(=O)O)N(C)C(=O)c1ccccc1. The zero-order valence-corrected chi connectivity index (χ0v) is 8.68. The number of hydrogen-bond acceptors (Lipinski definition) is 2. The lowest BCUT2D eigenvalue weighted by atomic mass is 10.2. The van der Waals surface area contributed by atoms with Crippen LogP contribution in [0.15, 0.2) is 30.3 Å². The molecule has 0 heterocycles. The van der Waals surface area contributed by atoms with Gasteiger partial charge in [0.2, 0.25) is 0 Å². The zero-order valence-electron chi connectivity index (χ0n) is 8.68. The van der Waals surface area contributed by atoms with Gasteiger partial charge < -0.3 is 10.0 Å². The molecular weight excluding hydrogens is 194 g/mol. The minimum Gasteiger partial charge on any atom is -0.480 e. The number of carbonyl (C=O) groups excluding carboxylic acids is 1. The first-order valence-corrected chi connectivity index (χ1v) is 4.59. The van der Waals surface area contributed by atoms with Crippen LogP contribution in [0.4, 0.5) is 0 Å². The van der Waals surface area contributed by atoms with Gasteiger partial charge >= 0.3 is 5.97 Å². The highest BCUT2D eigenvalue weighted by Gasteiger charge is 2.22. The maximum atomic E-state index is 11.8. The minimum atomic E-state index is -1.01. The van der Waals surface area contributed by atoms with Crippen molar-refractivity contribution in [3.05, 3.63) is 35.9 Å². The van der Waals surface area contributed by atoms with Crippen molar-refractivity contribution < 1.29 is 14.7 Å². The van der Waals surface area contributed by atoms with E-state index in [1.54, 1.807) is 30.3 Å². The molecule has 1 amide bonds. The number of carbonyl (C=O) groups is 2. The lowest BCUT2D eigenvalue weighted by molar-refractivity contribution is -0.141. The predicted octanol–water partition coefficient (Wildman–Crippen LogP) is 1.23. The Hall–Kier alpha value is -1.84. The molecule has 1 unspecified atom stereocenters. The maximum Gasteiger partial charge on any atom is 0.326 e. The van der Waals surface area contributed by atoms with Gasteiger partial charge in [-0.3, -0.25) is 4.79 Å². The number of benzene rings is 1. The quantitative estimate of drug-likeness (QED) is 0.811. The first-order chi connectivity index (χ1) is 7.04. The van der Waals surface area contributed by atoms with Crippen LogP contribution in [0.2, 0.25) is 0 Å². The molecule has 0 aliphatic heterocycles. The Morgan fingerprint density at radius 2 is 1.80 bits per heavy atom. The van der Waals surface area contributed by atoms with E-state index in [-0.39, 0.29) is 5.91 Å². The Bertz CT molecular complexity index is 361. The summed E-state index contributed by atoms with van der Waals surface area (Å²) in [5.41, 5.74) is 0.494. The summed E-state index contributed by atoms with van der Waals surface area (Å²) in [5, 5.41) is 8.75. The van der Waals surface area contributed by atoms with Crippen LogP contribution in [0, 0.1) is 0 Å². The number of hydrogen-bond donors (Lipinski definition) is 1. The van der Waals surface area contributed by atoms with Gasteiger partial charge in [-0.2, -0.15) is 0 Å². The van der Waals surface area contributed by atoms with E-state index in [1.165, 1.54) is 18.9 Å². The van der Waals surface area contributed by atoms with E-state index in [9.17, 15) is 9.59 Å². The highest BCUT2D eigenvalue weighted by atomic mass is 16.4. The summed E-state index contributed by atoms with van der Waals surface area (Å²) in [6, 6.07) is 7.79. The van der Waals surface area contributed by atoms with Gasteiger partial charge in [0.25, 0.3) is 5.91 Å². The summed E-state index contributed by atoms with van der Waals surface area (Å²) in [4.78, 5) is 23.6. The Labute approximate surface area is 88.1 Å². The summed E-state index contributed by atoms with van der Waals surface area (Å²) in [6.07, 6.45) is 0. The molecule has 80 valence electrons. The second-order valence-corrected chi connectivity index (χ2v) is 3.30. The minimum absolute atomic E-state index is 0.287. The lowest BCUT2D eigenvalue weighted by Gasteiger charge is -2.21. The standard InChI is InChI=1S/C11H13NO3/c1-8(11(14)15)12(2)10(13)9-6-4-3-5-7-9/h3-8H,1-2H3,(H,14,15). The average Bonchev–Trinajstić information content (AvgIpc) is 2.27. The molecule has 0 fully saturated rings. The number of carboxylic acid groups (broad SMARTS) is 1. The number of rotatable bonds is 3. The van der Waals surface area contributed by atoms with Crippen molar-refractivity contribution in [2.24, 2.45) is 0 Å². The van der Waals surface area contributed by atoms with E-state index in [0.717, 1.165) is 0 Å². The molecule has 4 heteroatoms. The van der Waals surface area contributed by atoms with Crippen LogP contribution in [0.3, 0.4) is 0 Å². The molecule has 0 bridgehead atoms. The van der Waals surface area contributed by atoms with Crippen LogP contribution >= 0.6 is 0 Å². The van der Waals surface area contributed by atoms with Crippen molar-refractivity contribution in [1.82, 2.24) is 4.90 Å². The molecule has 4 nitrogen and oxygen atoms in total. The predicted molar refractivity (Wildman–Crippen MR) is 55.6 cm³/mol. The van der Waals surface area contributed by atoms with Gasteiger partial charge in [0.1, 0.15) is 6.04 Å². The molecule has 1 aromatic rings. The molecule has 1 atom stereocenters. The van der Waals surface area contributed by atoms with Crippen molar-refractivity contribution >= 4 is 11.9 Å². The molecule has 0 saturated carbocycles. The fourth-order valence-electron chi connectivity index (χ4n) is 1.13. The van der Waals surface area contributed by atoms with Crippen molar-refractivity contribution in [3.63, 3.8) is 0 Å². The first kappa shape index (κ1) is 11.2. The third-order valence-electron chi connectivity index (χ3n) is 2.28. The Balaban J connectivity index is 2.82. The average molecular weight is 207 g/mol. The van der Waals surface area contributed by atoms with Gasteiger partial charge in [0.05, 0.1) is 0 Å². The highest BCUT2D eigenvalue weighted by molar-refractivity contribution is 5.96. The normalized spacial score (nSPS) is 11.9. The summed E-state index contributed by atoms with van der Waals surface area (Å²) in [5.74, 6) is -1.30. The number of aliphatic carboxylic acids is 1. The van der Waals surface area contributed by atoms with Crippen molar-refractivity contribution in [3.8, 4) is 0 Å². The molecule has 0 radical (unpaired) electrons. The van der Waals surface area contributed by atoms with E-state index in [2.05, 4.69) is 0 Å². The molecule has 0 saturated heterocycles. The second kappa shape index (κ2) is 4.59. The lowest BCUT2D eigenvalue weighted by Crippen LogP contribution is -2.40. The fraction of sp³-hybridized carbons (Fsp3) is 0.273. The number of likely N-dealkylation sites (N-methyl/N-ethyl adjacent to an activating group) is 1. The molecule has 15 heavy (non-hydrogen) atoms. The third-order valence-corrected chi connectivity index (χ3v) is 2.28. The van der Waals surface area contributed by atoms with E-state index in [0.29, 0.717) is 5.56 Å². The largest absolute Gasteiger partial charge is 0.480 e. The van der Waals surface area contributed by atoms with E-state index in [1.807, 2.05) is 0 Å². The van der Waals surface area contributed by atoms with Crippen molar-refractivity contribution in [2.45, 2.75) is 13.0 Å². The van der Waals surface area contributed by atoms with E-state index < -0.39 is 12.0 Å². The van der Waals surface area contributed by atoms with Crippen LogP contribution < -0.4 is 0 Å². The van der Waals surface area contributed by atoms with Crippen molar-refractivity contribution in [2.75, 3.05) is 7.05 Å². The first-order valence-electron chi connectivity index (χ1n) is 4.59. The van der Waals surface area contributed by atoms with Gasteiger partial charge in [-0.1, -0.05) is 18.2 Å². The summed E-state index contributed by atoms with van der Waals surface area (Å²) < 4.78 is 0. The highest BCUT2D eigenvalue weighted by Crippen LogP contribution is 2.06. The van der Waals surface area contributed by atoms with Crippen LogP contribution in [0.5, 0.6) is 0 Å². The molecule has 1 aromatic carbocycles. The van der Waals surface area contributed by atoms with E-state index in [4.69, 9.17) is 5.11 Å². The number of amides is 1. The summed E-state index contributed by atoms with van der Waals surface area (Å²) >= 11 is 0. The third kappa shape index (κ3) is 2.56. The monoisotopic (exact) mass is 207 g/mol. The second-order valence-electron chi connectivity index (χ2n) is 3.30. The molecule has 0 aliphatic carbocycles. The molecular formula is C11H13NO3. The van der Waals surface area contributed by atoms with Crippen LogP contribution in [-0.4, -0.2) is 35.0 Å². The van der Waals surface area contributed by atoms with Gasteiger partial charge in [-0.15, -0.1) is 0 Å².